The van der Waals surface area contributed by atoms with Gasteiger partial charge in [-0.3, -0.25) is 4.98 Å². The van der Waals surface area contributed by atoms with Crippen LogP contribution in [0.3, 0.4) is 0 Å². The van der Waals surface area contributed by atoms with Crippen LogP contribution < -0.4 is 4.90 Å². The summed E-state index contributed by atoms with van der Waals surface area (Å²) >= 11 is 3.35. The highest BCUT2D eigenvalue weighted by Crippen LogP contribution is 2.21. The molecule has 1 N–H and O–H groups in total. The number of rotatable bonds is 4. The molecule has 1 aromatic carbocycles. The van der Waals surface area contributed by atoms with Crippen LogP contribution in [0.15, 0.2) is 47.1 Å². The first-order valence-electron chi connectivity index (χ1n) is 6.12. The first-order chi connectivity index (χ1) is 9.06. The molecule has 0 aliphatic heterocycles. The molecule has 19 heavy (non-hydrogen) atoms. The van der Waals surface area contributed by atoms with Crippen molar-refractivity contribution in [3.63, 3.8) is 0 Å². The number of hydrogen-bond donors (Lipinski definition) is 1. The molecule has 1 heterocycles. The largest absolute Gasteiger partial charge is 0.388 e. The molecular weight excluding hydrogens is 304 g/mol. The first-order valence-corrected chi connectivity index (χ1v) is 6.91. The van der Waals surface area contributed by atoms with E-state index in [-0.39, 0.29) is 0 Å². The molecule has 1 unspecified atom stereocenters. The molecule has 0 saturated heterocycles. The Balaban J connectivity index is 2.07. The van der Waals surface area contributed by atoms with Crippen molar-refractivity contribution in [2.75, 3.05) is 19.0 Å². The van der Waals surface area contributed by atoms with Crippen molar-refractivity contribution in [3.05, 3.63) is 58.3 Å². The van der Waals surface area contributed by atoms with E-state index < -0.39 is 6.10 Å². The second-order valence-corrected chi connectivity index (χ2v) is 5.59. The summed E-state index contributed by atoms with van der Waals surface area (Å²) in [5.74, 6) is 0. The summed E-state index contributed by atoms with van der Waals surface area (Å²) in [6.45, 7) is 0. The monoisotopic (exact) mass is 320 g/mol. The van der Waals surface area contributed by atoms with Gasteiger partial charge in [-0.25, -0.2) is 0 Å². The fourth-order valence-electron chi connectivity index (χ4n) is 1.84. The topological polar surface area (TPSA) is 36.4 Å². The van der Waals surface area contributed by atoms with Gasteiger partial charge in [0.2, 0.25) is 0 Å². The predicted octanol–water partition coefficient (Wildman–Crippen LogP) is 3.19. The number of benzene rings is 1. The molecule has 0 aliphatic carbocycles. The van der Waals surface area contributed by atoms with Crippen molar-refractivity contribution < 1.29 is 5.11 Å². The Bertz CT molecular complexity index is 523. The highest BCUT2D eigenvalue weighted by atomic mass is 79.9. The van der Waals surface area contributed by atoms with Crippen LogP contribution in [-0.4, -0.2) is 24.2 Å². The van der Waals surface area contributed by atoms with Gasteiger partial charge in [0.05, 0.1) is 6.10 Å². The van der Waals surface area contributed by atoms with Crippen LogP contribution in [0.4, 0.5) is 5.69 Å². The van der Waals surface area contributed by atoms with Gasteiger partial charge < -0.3 is 10.0 Å². The number of anilines is 1. The van der Waals surface area contributed by atoms with E-state index in [0.717, 1.165) is 21.4 Å². The van der Waals surface area contributed by atoms with E-state index in [0.29, 0.717) is 6.42 Å². The van der Waals surface area contributed by atoms with Crippen molar-refractivity contribution in [1.29, 1.82) is 0 Å². The number of aliphatic hydroxyl groups is 1. The van der Waals surface area contributed by atoms with Crippen LogP contribution in [0.5, 0.6) is 0 Å². The summed E-state index contributed by atoms with van der Waals surface area (Å²) in [7, 11) is 3.99. The summed E-state index contributed by atoms with van der Waals surface area (Å²) in [6.07, 6.45) is 1.75. The Morgan fingerprint density at radius 1 is 1.16 bits per heavy atom. The van der Waals surface area contributed by atoms with E-state index >= 15 is 0 Å². The molecule has 2 rings (SSSR count). The van der Waals surface area contributed by atoms with E-state index in [1.54, 1.807) is 6.20 Å². The summed E-state index contributed by atoms with van der Waals surface area (Å²) in [5, 5.41) is 10.2. The van der Waals surface area contributed by atoms with Crippen molar-refractivity contribution in [2.45, 2.75) is 12.5 Å². The lowest BCUT2D eigenvalue weighted by Gasteiger charge is -2.15. The zero-order valence-electron chi connectivity index (χ0n) is 11.0. The van der Waals surface area contributed by atoms with Crippen molar-refractivity contribution in [2.24, 2.45) is 0 Å². The fraction of sp³-hybridized carbons (Fsp3) is 0.267. The molecule has 0 amide bonds. The van der Waals surface area contributed by atoms with Crippen LogP contribution >= 0.6 is 15.9 Å². The second kappa shape index (κ2) is 6.17. The van der Waals surface area contributed by atoms with Gasteiger partial charge in [-0.15, -0.1) is 0 Å². The molecule has 1 aromatic heterocycles. The summed E-state index contributed by atoms with van der Waals surface area (Å²) in [4.78, 5) is 6.31. The van der Waals surface area contributed by atoms with E-state index in [2.05, 4.69) is 20.9 Å². The van der Waals surface area contributed by atoms with E-state index in [4.69, 9.17) is 0 Å². The maximum Gasteiger partial charge on any atom is 0.0845 e. The molecule has 4 heteroatoms. The number of nitrogens with zero attached hydrogens (tertiary/aromatic N) is 2. The maximum atomic E-state index is 10.2. The summed E-state index contributed by atoms with van der Waals surface area (Å²) in [6, 6.07) is 11.8. The van der Waals surface area contributed by atoms with Crippen LogP contribution in [0.1, 0.15) is 17.4 Å². The van der Waals surface area contributed by atoms with E-state index in [1.807, 2.05) is 55.4 Å². The van der Waals surface area contributed by atoms with Gasteiger partial charge in [0.25, 0.3) is 0 Å². The number of halogens is 1. The molecule has 3 nitrogen and oxygen atoms in total. The van der Waals surface area contributed by atoms with Crippen LogP contribution in [-0.2, 0) is 6.42 Å². The molecule has 100 valence electrons. The molecule has 0 bridgehead atoms. The Morgan fingerprint density at radius 2 is 1.84 bits per heavy atom. The van der Waals surface area contributed by atoms with E-state index in [9.17, 15) is 5.11 Å². The van der Waals surface area contributed by atoms with Gasteiger partial charge in [-0.1, -0.05) is 12.1 Å². The third-order valence-electron chi connectivity index (χ3n) is 2.99. The maximum absolute atomic E-state index is 10.2. The number of pyridine rings is 1. The third kappa shape index (κ3) is 3.78. The predicted molar refractivity (Wildman–Crippen MR) is 81.4 cm³/mol. The zero-order valence-corrected chi connectivity index (χ0v) is 12.6. The van der Waals surface area contributed by atoms with Crippen molar-refractivity contribution in [1.82, 2.24) is 4.98 Å². The normalized spacial score (nSPS) is 12.2. The minimum Gasteiger partial charge on any atom is -0.388 e. The third-order valence-corrected chi connectivity index (χ3v) is 3.45. The Kier molecular flexibility index (Phi) is 4.56. The smallest absolute Gasteiger partial charge is 0.0845 e. The molecule has 0 aliphatic rings. The average molecular weight is 321 g/mol. The van der Waals surface area contributed by atoms with Gasteiger partial charge in [0.15, 0.2) is 0 Å². The van der Waals surface area contributed by atoms with Crippen molar-refractivity contribution in [3.8, 4) is 0 Å². The zero-order chi connectivity index (χ0) is 13.8. The first kappa shape index (κ1) is 14.0. The van der Waals surface area contributed by atoms with Gasteiger partial charge >= 0.3 is 0 Å². The van der Waals surface area contributed by atoms with Gasteiger partial charge in [-0.05, 0) is 45.8 Å². The number of aromatic nitrogens is 1. The quantitative estimate of drug-likeness (QED) is 0.939. The minimum atomic E-state index is -0.523. The van der Waals surface area contributed by atoms with Gasteiger partial charge in [0, 0.05) is 42.6 Å². The Labute approximate surface area is 122 Å². The lowest BCUT2D eigenvalue weighted by atomic mass is 10.0. The second-order valence-electron chi connectivity index (χ2n) is 4.67. The highest BCUT2D eigenvalue weighted by Gasteiger charge is 2.09. The number of hydrogen-bond acceptors (Lipinski definition) is 3. The summed E-state index contributed by atoms with van der Waals surface area (Å²) < 4.78 is 0.945. The van der Waals surface area contributed by atoms with Crippen LogP contribution in [0, 0.1) is 0 Å². The molecule has 0 spiro atoms. The Morgan fingerprint density at radius 3 is 2.37 bits per heavy atom. The summed E-state index contributed by atoms with van der Waals surface area (Å²) in [5.41, 5.74) is 2.92. The standard InChI is InChI=1S/C15H17BrN2O/c1-18(2)14-7-3-11(4-8-14)15(19)9-13-6-5-12(16)10-17-13/h3-8,10,15,19H,9H2,1-2H3. The SMILES string of the molecule is CN(C)c1ccc(C(O)Cc2ccc(Br)cn2)cc1. The molecule has 2 aromatic rings. The van der Waals surface area contributed by atoms with Crippen LogP contribution in [0.2, 0.25) is 0 Å². The lowest BCUT2D eigenvalue weighted by Crippen LogP contribution is -2.09. The average Bonchev–Trinajstić information content (AvgIpc) is 2.41. The Hall–Kier alpha value is -1.39. The fourth-order valence-corrected chi connectivity index (χ4v) is 2.07. The van der Waals surface area contributed by atoms with E-state index in [1.165, 1.54) is 0 Å². The highest BCUT2D eigenvalue weighted by molar-refractivity contribution is 9.10. The lowest BCUT2D eigenvalue weighted by molar-refractivity contribution is 0.177. The molecular formula is C15H17BrN2O. The molecule has 0 saturated carbocycles. The molecule has 0 fully saturated rings. The van der Waals surface area contributed by atoms with Crippen molar-refractivity contribution >= 4 is 21.6 Å². The van der Waals surface area contributed by atoms with Gasteiger partial charge in [0.1, 0.15) is 0 Å². The minimum absolute atomic E-state index is 0.522. The van der Waals surface area contributed by atoms with Crippen LogP contribution in [0.25, 0.3) is 0 Å². The molecule has 0 radical (unpaired) electrons. The molecule has 1 atom stereocenters. The number of aliphatic hydroxyl groups excluding tert-OH is 1. The van der Waals surface area contributed by atoms with Gasteiger partial charge in [-0.2, -0.15) is 0 Å².